The molecule has 0 aliphatic heterocycles. The molecule has 0 saturated carbocycles. The molecule has 0 aliphatic rings. The van der Waals surface area contributed by atoms with E-state index in [4.69, 9.17) is 4.74 Å². The molecule has 0 spiro atoms. The highest BCUT2D eigenvalue weighted by atomic mass is 79.9. The van der Waals surface area contributed by atoms with Crippen molar-refractivity contribution >= 4 is 34.1 Å². The summed E-state index contributed by atoms with van der Waals surface area (Å²) in [5.74, 6) is -0.361. The minimum Gasteiger partial charge on any atom is -0.465 e. The van der Waals surface area contributed by atoms with Gasteiger partial charge in [0, 0.05) is 10.0 Å². The summed E-state index contributed by atoms with van der Waals surface area (Å²) in [5, 5.41) is 13.3. The van der Waals surface area contributed by atoms with E-state index in [0.717, 1.165) is 0 Å². The van der Waals surface area contributed by atoms with Crippen LogP contribution in [0.3, 0.4) is 0 Å². The van der Waals surface area contributed by atoms with Crippen LogP contribution in [0.5, 0.6) is 0 Å². The number of hydrogen-bond acceptors (Lipinski definition) is 7. The summed E-state index contributed by atoms with van der Waals surface area (Å²) < 4.78 is 5.25. The number of carbonyl (C=O) groups excluding carboxylic acids is 1. The summed E-state index contributed by atoms with van der Waals surface area (Å²) in [7, 11) is 1.31. The van der Waals surface area contributed by atoms with E-state index >= 15 is 0 Å². The van der Waals surface area contributed by atoms with Crippen LogP contribution in [-0.4, -0.2) is 29.3 Å². The standard InChI is InChI=1S/C20H14BrN5O3/c1-29-19(28)14-8-7-12(9-16(14)21)11-23-26-20-24-17(13-5-3-2-4-6-13)15(10-22)18(27)25-20/h2-9,11H,1H3,(H2,24,25,26,27). The number of halogens is 1. The summed E-state index contributed by atoms with van der Waals surface area (Å²) in [4.78, 5) is 30.6. The summed E-state index contributed by atoms with van der Waals surface area (Å²) >= 11 is 3.31. The predicted octanol–water partition coefficient (Wildman–Crippen LogP) is 3.30. The van der Waals surface area contributed by atoms with Crippen molar-refractivity contribution < 1.29 is 9.53 Å². The molecule has 0 fully saturated rings. The molecular formula is C20H14BrN5O3. The van der Waals surface area contributed by atoms with E-state index < -0.39 is 11.5 Å². The Bertz CT molecular complexity index is 1180. The average molecular weight is 452 g/mol. The third-order valence-corrected chi connectivity index (χ3v) is 4.52. The van der Waals surface area contributed by atoms with Crippen LogP contribution in [-0.2, 0) is 4.74 Å². The fraction of sp³-hybridized carbons (Fsp3) is 0.0500. The zero-order valence-corrected chi connectivity index (χ0v) is 16.7. The molecule has 0 saturated heterocycles. The van der Waals surface area contributed by atoms with Gasteiger partial charge in [0.25, 0.3) is 5.56 Å². The fourth-order valence-electron chi connectivity index (χ4n) is 2.49. The maximum Gasteiger partial charge on any atom is 0.339 e. The van der Waals surface area contributed by atoms with E-state index in [2.05, 4.69) is 36.4 Å². The zero-order valence-electron chi connectivity index (χ0n) is 15.1. The Balaban J connectivity index is 1.85. The molecule has 1 aromatic heterocycles. The highest BCUT2D eigenvalue weighted by molar-refractivity contribution is 9.10. The number of aromatic amines is 1. The summed E-state index contributed by atoms with van der Waals surface area (Å²) in [5.41, 5.74) is 4.00. The van der Waals surface area contributed by atoms with Gasteiger partial charge in [-0.15, -0.1) is 0 Å². The second-order valence-corrected chi connectivity index (χ2v) is 6.57. The number of H-pyrrole nitrogens is 1. The molecule has 3 aromatic rings. The van der Waals surface area contributed by atoms with Gasteiger partial charge in [-0.05, 0) is 33.6 Å². The number of esters is 1. The van der Waals surface area contributed by atoms with Crippen molar-refractivity contribution in [2.24, 2.45) is 5.10 Å². The van der Waals surface area contributed by atoms with Gasteiger partial charge in [-0.3, -0.25) is 9.78 Å². The predicted molar refractivity (Wildman–Crippen MR) is 112 cm³/mol. The van der Waals surface area contributed by atoms with Gasteiger partial charge in [0.05, 0.1) is 24.6 Å². The van der Waals surface area contributed by atoms with E-state index in [-0.39, 0.29) is 17.2 Å². The zero-order chi connectivity index (χ0) is 20.8. The molecule has 0 unspecified atom stereocenters. The van der Waals surface area contributed by atoms with Crippen molar-refractivity contribution in [2.45, 2.75) is 0 Å². The number of benzene rings is 2. The summed E-state index contributed by atoms with van der Waals surface area (Å²) in [6, 6.07) is 15.8. The summed E-state index contributed by atoms with van der Waals surface area (Å²) in [6.07, 6.45) is 1.49. The fourth-order valence-corrected chi connectivity index (χ4v) is 3.05. The number of nitriles is 1. The molecule has 3 rings (SSSR count). The Labute approximate surface area is 174 Å². The van der Waals surface area contributed by atoms with Crippen LogP contribution in [0.2, 0.25) is 0 Å². The average Bonchev–Trinajstić information content (AvgIpc) is 2.73. The van der Waals surface area contributed by atoms with Crippen molar-refractivity contribution in [3.8, 4) is 17.3 Å². The lowest BCUT2D eigenvalue weighted by molar-refractivity contribution is 0.0599. The number of methoxy groups -OCH3 is 1. The molecule has 0 radical (unpaired) electrons. The Kier molecular flexibility index (Phi) is 6.16. The first-order valence-corrected chi connectivity index (χ1v) is 9.09. The molecule has 144 valence electrons. The van der Waals surface area contributed by atoms with Crippen LogP contribution in [0.1, 0.15) is 21.5 Å². The Hall–Kier alpha value is -3.77. The van der Waals surface area contributed by atoms with Crippen molar-refractivity contribution in [2.75, 3.05) is 12.5 Å². The van der Waals surface area contributed by atoms with Crippen molar-refractivity contribution in [3.63, 3.8) is 0 Å². The van der Waals surface area contributed by atoms with E-state index in [1.807, 2.05) is 12.1 Å². The number of carbonyl (C=O) groups is 1. The summed E-state index contributed by atoms with van der Waals surface area (Å²) in [6.45, 7) is 0. The van der Waals surface area contributed by atoms with Gasteiger partial charge in [0.2, 0.25) is 5.95 Å². The molecular weight excluding hydrogens is 438 g/mol. The van der Waals surface area contributed by atoms with Gasteiger partial charge >= 0.3 is 5.97 Å². The van der Waals surface area contributed by atoms with Crippen LogP contribution < -0.4 is 11.0 Å². The third-order valence-electron chi connectivity index (χ3n) is 3.86. The van der Waals surface area contributed by atoms with E-state index in [1.54, 1.807) is 42.5 Å². The van der Waals surface area contributed by atoms with Gasteiger partial charge in [-0.2, -0.15) is 10.4 Å². The first-order chi connectivity index (χ1) is 14.0. The van der Waals surface area contributed by atoms with Crippen molar-refractivity contribution in [1.82, 2.24) is 9.97 Å². The second kappa shape index (κ2) is 8.95. The number of nitrogens with one attached hydrogen (secondary N) is 2. The molecule has 0 bridgehead atoms. The normalized spacial score (nSPS) is 10.5. The van der Waals surface area contributed by atoms with E-state index in [9.17, 15) is 14.9 Å². The Morgan fingerprint density at radius 2 is 2.07 bits per heavy atom. The molecule has 0 amide bonds. The lowest BCUT2D eigenvalue weighted by Gasteiger charge is -2.06. The first-order valence-electron chi connectivity index (χ1n) is 8.30. The maximum absolute atomic E-state index is 12.2. The monoisotopic (exact) mass is 451 g/mol. The lowest BCUT2D eigenvalue weighted by atomic mass is 10.1. The largest absolute Gasteiger partial charge is 0.465 e. The minimum atomic E-state index is -0.566. The molecule has 1 heterocycles. The lowest BCUT2D eigenvalue weighted by Crippen LogP contribution is -2.16. The molecule has 0 aliphatic carbocycles. The van der Waals surface area contributed by atoms with Crippen LogP contribution in [0, 0.1) is 11.3 Å². The van der Waals surface area contributed by atoms with Gasteiger partial charge in [-0.25, -0.2) is 15.2 Å². The first kappa shape index (κ1) is 20.0. The van der Waals surface area contributed by atoms with Gasteiger partial charge in [0.15, 0.2) is 0 Å². The van der Waals surface area contributed by atoms with Crippen LogP contribution in [0.25, 0.3) is 11.3 Å². The SMILES string of the molecule is COC(=O)c1ccc(C=NNc2nc(-c3ccccc3)c(C#N)c(=O)[nH]2)cc1Br. The topological polar surface area (TPSA) is 120 Å². The van der Waals surface area contributed by atoms with Crippen LogP contribution >= 0.6 is 15.9 Å². The minimum absolute atomic E-state index is 0.0759. The quantitative estimate of drug-likeness (QED) is 0.348. The number of anilines is 1. The molecule has 2 N–H and O–H groups in total. The van der Waals surface area contributed by atoms with Gasteiger partial charge in [0.1, 0.15) is 11.6 Å². The Morgan fingerprint density at radius 3 is 2.72 bits per heavy atom. The highest BCUT2D eigenvalue weighted by Crippen LogP contribution is 2.20. The maximum atomic E-state index is 12.2. The van der Waals surface area contributed by atoms with Gasteiger partial charge in [-0.1, -0.05) is 36.4 Å². The van der Waals surface area contributed by atoms with Crippen LogP contribution in [0.4, 0.5) is 5.95 Å². The van der Waals surface area contributed by atoms with Crippen molar-refractivity contribution in [1.29, 1.82) is 5.26 Å². The van der Waals surface area contributed by atoms with Crippen molar-refractivity contribution in [3.05, 3.63) is 80.0 Å². The number of aromatic nitrogens is 2. The molecule has 0 atom stereocenters. The second-order valence-electron chi connectivity index (χ2n) is 5.72. The van der Waals surface area contributed by atoms with Gasteiger partial charge < -0.3 is 4.74 Å². The highest BCUT2D eigenvalue weighted by Gasteiger charge is 2.13. The number of hydrogen-bond donors (Lipinski definition) is 2. The number of rotatable bonds is 5. The molecule has 8 nitrogen and oxygen atoms in total. The Morgan fingerprint density at radius 1 is 1.31 bits per heavy atom. The van der Waals surface area contributed by atoms with Crippen LogP contribution in [0.15, 0.2) is 62.9 Å². The molecule has 9 heteroatoms. The number of ether oxygens (including phenoxy) is 1. The smallest absolute Gasteiger partial charge is 0.339 e. The molecule has 2 aromatic carbocycles. The number of nitrogens with zero attached hydrogens (tertiary/aromatic N) is 3. The number of hydrazone groups is 1. The van der Waals surface area contributed by atoms with E-state index in [1.165, 1.54) is 13.3 Å². The molecule has 29 heavy (non-hydrogen) atoms. The van der Waals surface area contributed by atoms with E-state index in [0.29, 0.717) is 21.2 Å². The third kappa shape index (κ3) is 4.56.